The molecule has 6 rings (SSSR count). The molecule has 0 bridgehead atoms. The van der Waals surface area contributed by atoms with Crippen LogP contribution >= 0.6 is 0 Å². The maximum Gasteiger partial charge on any atom is 0.264 e. The zero-order valence-electron chi connectivity index (χ0n) is 20.4. The number of pyridine rings is 1. The zero-order chi connectivity index (χ0) is 26.7. The fourth-order valence-corrected chi connectivity index (χ4v) is 9.31. The molecule has 1 aliphatic carbocycles. The summed E-state index contributed by atoms with van der Waals surface area (Å²) in [6.45, 7) is 0. The van der Waals surface area contributed by atoms with Crippen LogP contribution in [0.2, 0.25) is 0 Å². The predicted molar refractivity (Wildman–Crippen MR) is 141 cm³/mol. The van der Waals surface area contributed by atoms with Gasteiger partial charge in [0, 0.05) is 23.5 Å². The molecule has 11 heteroatoms. The number of nitrogens with one attached hydrogen (secondary N) is 1. The third-order valence-corrected chi connectivity index (χ3v) is 11.4. The number of carbonyl (C=O) groups excluding carboxylic acids is 1. The molecule has 2 aromatic carbocycles. The summed E-state index contributed by atoms with van der Waals surface area (Å²) in [5.41, 5.74) is 1.34. The normalized spacial score (nSPS) is 21.7. The van der Waals surface area contributed by atoms with Crippen molar-refractivity contribution < 1.29 is 26.0 Å². The highest BCUT2D eigenvalue weighted by Crippen LogP contribution is 2.59. The molecule has 1 unspecified atom stereocenters. The number of anilines is 2. The highest BCUT2D eigenvalue weighted by molar-refractivity contribution is 7.93. The van der Waals surface area contributed by atoms with Crippen molar-refractivity contribution >= 4 is 37.1 Å². The van der Waals surface area contributed by atoms with Gasteiger partial charge in [-0.3, -0.25) is 14.1 Å². The SMILES string of the molecule is O=C(Nc1ccc2c(c1)C1(CCS(=O)(=O)CC1)C(C1CC1)N2S(=O)(=O)c1ccc(F)cc1)c1cccnc1. The van der Waals surface area contributed by atoms with Crippen molar-refractivity contribution in [3.05, 3.63) is 83.9 Å². The fraction of sp³-hybridized carbons (Fsp3) is 0.333. The Morgan fingerprint density at radius 1 is 1.05 bits per heavy atom. The van der Waals surface area contributed by atoms with E-state index in [1.165, 1.54) is 22.6 Å². The molecule has 1 atom stereocenters. The van der Waals surface area contributed by atoms with Gasteiger partial charge < -0.3 is 5.32 Å². The summed E-state index contributed by atoms with van der Waals surface area (Å²) in [4.78, 5) is 16.8. The number of carbonyl (C=O) groups is 1. The Balaban J connectivity index is 1.48. The Morgan fingerprint density at radius 2 is 1.76 bits per heavy atom. The minimum Gasteiger partial charge on any atom is -0.322 e. The topological polar surface area (TPSA) is 114 Å². The summed E-state index contributed by atoms with van der Waals surface area (Å²) in [5.74, 6) is -0.885. The number of fused-ring (bicyclic) bond motifs is 2. The molecule has 1 aromatic heterocycles. The number of halogens is 1. The first-order valence-corrected chi connectivity index (χ1v) is 15.7. The van der Waals surface area contributed by atoms with Gasteiger partial charge in [-0.05, 0) is 91.8 Å². The molecule has 2 fully saturated rings. The van der Waals surface area contributed by atoms with E-state index < -0.39 is 37.1 Å². The van der Waals surface area contributed by atoms with Crippen molar-refractivity contribution in [1.29, 1.82) is 0 Å². The van der Waals surface area contributed by atoms with Crippen LogP contribution in [0.3, 0.4) is 0 Å². The van der Waals surface area contributed by atoms with Crippen LogP contribution < -0.4 is 9.62 Å². The number of amides is 1. The van der Waals surface area contributed by atoms with Gasteiger partial charge in [-0.25, -0.2) is 21.2 Å². The van der Waals surface area contributed by atoms with Crippen LogP contribution in [0.1, 0.15) is 41.6 Å². The maximum atomic E-state index is 14.1. The average Bonchev–Trinajstić information content (AvgIpc) is 3.70. The minimum absolute atomic E-state index is 0.0232. The second-order valence-corrected chi connectivity index (χ2v) is 14.4. The second-order valence-electron chi connectivity index (χ2n) is 10.3. The predicted octanol–water partition coefficient (Wildman–Crippen LogP) is 3.91. The molecule has 38 heavy (non-hydrogen) atoms. The number of nitrogens with zero attached hydrogens (tertiary/aromatic N) is 2. The lowest BCUT2D eigenvalue weighted by atomic mass is 9.70. The fourth-order valence-electron chi connectivity index (χ4n) is 5.96. The molecule has 3 heterocycles. The van der Waals surface area contributed by atoms with Crippen LogP contribution in [-0.2, 0) is 25.3 Å². The third-order valence-electron chi connectivity index (χ3n) is 7.93. The molecular formula is C27H26FN3O5S2. The largest absolute Gasteiger partial charge is 0.322 e. The zero-order valence-corrected chi connectivity index (χ0v) is 22.0. The summed E-state index contributed by atoms with van der Waals surface area (Å²) < 4.78 is 68.1. The molecule has 2 aliphatic heterocycles. The van der Waals surface area contributed by atoms with Crippen molar-refractivity contribution in [2.45, 2.75) is 42.0 Å². The minimum atomic E-state index is -4.08. The van der Waals surface area contributed by atoms with Gasteiger partial charge in [0.15, 0.2) is 0 Å². The van der Waals surface area contributed by atoms with Crippen molar-refractivity contribution in [2.75, 3.05) is 21.1 Å². The van der Waals surface area contributed by atoms with Crippen LogP contribution in [0, 0.1) is 11.7 Å². The van der Waals surface area contributed by atoms with E-state index in [4.69, 9.17) is 0 Å². The highest BCUT2D eigenvalue weighted by atomic mass is 32.2. The number of sulfonamides is 1. The number of rotatable bonds is 5. The van der Waals surface area contributed by atoms with E-state index >= 15 is 0 Å². The lowest BCUT2D eigenvalue weighted by Gasteiger charge is -2.41. The van der Waals surface area contributed by atoms with Crippen LogP contribution in [0.4, 0.5) is 15.8 Å². The molecule has 0 radical (unpaired) electrons. The Bertz CT molecular complexity index is 1610. The first-order valence-electron chi connectivity index (χ1n) is 12.5. The molecule has 198 valence electrons. The van der Waals surface area contributed by atoms with Crippen LogP contribution in [0.25, 0.3) is 0 Å². The molecule has 1 N–H and O–H groups in total. The van der Waals surface area contributed by atoms with E-state index in [-0.39, 0.29) is 28.2 Å². The van der Waals surface area contributed by atoms with Crippen molar-refractivity contribution in [2.24, 2.45) is 5.92 Å². The standard InChI is InChI=1S/C27H26FN3O5S2/c28-20-5-8-22(9-6-20)38(35,36)31-24-10-7-21(30-26(32)19-2-1-13-29-17-19)16-23(24)27(25(31)18-3-4-18)11-14-37(33,34)15-12-27/h1-2,5-10,13,16-18,25H,3-4,11-12,14-15H2,(H,30,32). The summed E-state index contributed by atoms with van der Waals surface area (Å²) >= 11 is 0. The van der Waals surface area contributed by atoms with Crippen LogP contribution in [0.5, 0.6) is 0 Å². The number of hydrogen-bond donors (Lipinski definition) is 1. The molecule has 1 saturated carbocycles. The van der Waals surface area contributed by atoms with Gasteiger partial charge in [0.05, 0.1) is 33.7 Å². The first-order chi connectivity index (χ1) is 18.1. The lowest BCUT2D eigenvalue weighted by molar-refractivity contribution is 0.102. The van der Waals surface area contributed by atoms with Gasteiger partial charge in [-0.15, -0.1) is 0 Å². The molecule has 3 aromatic rings. The third kappa shape index (κ3) is 4.17. The Labute approximate surface area is 220 Å². The molecule has 1 amide bonds. The van der Waals surface area contributed by atoms with Crippen LogP contribution in [0.15, 0.2) is 71.9 Å². The average molecular weight is 556 g/mol. The van der Waals surface area contributed by atoms with E-state index in [1.54, 1.807) is 36.5 Å². The second kappa shape index (κ2) is 8.88. The summed E-state index contributed by atoms with van der Waals surface area (Å²) in [5, 5.41) is 2.87. The first kappa shape index (κ1) is 25.0. The number of benzene rings is 2. The van der Waals surface area contributed by atoms with E-state index in [2.05, 4.69) is 10.3 Å². The van der Waals surface area contributed by atoms with Gasteiger partial charge in [0.25, 0.3) is 15.9 Å². The number of aromatic nitrogens is 1. The Hall–Kier alpha value is -3.31. The van der Waals surface area contributed by atoms with Gasteiger partial charge in [0.2, 0.25) is 0 Å². The van der Waals surface area contributed by atoms with Crippen molar-refractivity contribution in [3.63, 3.8) is 0 Å². The molecular weight excluding hydrogens is 529 g/mol. The summed E-state index contributed by atoms with van der Waals surface area (Å²) in [6.07, 6.45) is 5.29. The summed E-state index contributed by atoms with van der Waals surface area (Å²) in [7, 11) is -7.32. The Kier molecular flexibility index (Phi) is 5.84. The van der Waals surface area contributed by atoms with Gasteiger partial charge >= 0.3 is 0 Å². The van der Waals surface area contributed by atoms with E-state index in [1.807, 2.05) is 0 Å². The van der Waals surface area contributed by atoms with Crippen LogP contribution in [-0.4, -0.2) is 45.3 Å². The highest BCUT2D eigenvalue weighted by Gasteiger charge is 2.60. The van der Waals surface area contributed by atoms with Crippen molar-refractivity contribution in [3.8, 4) is 0 Å². The molecule has 1 spiro atoms. The van der Waals surface area contributed by atoms with Gasteiger partial charge in [-0.2, -0.15) is 0 Å². The van der Waals surface area contributed by atoms with Gasteiger partial charge in [-0.1, -0.05) is 0 Å². The Morgan fingerprint density at radius 3 is 2.39 bits per heavy atom. The lowest BCUT2D eigenvalue weighted by Crippen LogP contribution is -2.52. The van der Waals surface area contributed by atoms with E-state index in [9.17, 15) is 26.0 Å². The number of hydrogen-bond acceptors (Lipinski definition) is 6. The van der Waals surface area contributed by atoms with Crippen molar-refractivity contribution in [1.82, 2.24) is 4.98 Å². The molecule has 3 aliphatic rings. The molecule has 8 nitrogen and oxygen atoms in total. The summed E-state index contributed by atoms with van der Waals surface area (Å²) in [6, 6.07) is 12.7. The maximum absolute atomic E-state index is 14.1. The smallest absolute Gasteiger partial charge is 0.264 e. The number of sulfone groups is 1. The monoisotopic (exact) mass is 555 g/mol. The quantitative estimate of drug-likeness (QED) is 0.511. The van der Waals surface area contributed by atoms with E-state index in [0.29, 0.717) is 29.8 Å². The van der Waals surface area contributed by atoms with E-state index in [0.717, 1.165) is 30.5 Å². The van der Waals surface area contributed by atoms with Gasteiger partial charge in [0.1, 0.15) is 15.7 Å². The molecule has 1 saturated heterocycles.